The molecule has 0 spiro atoms. The molecule has 2 aliphatic heterocycles. The quantitative estimate of drug-likeness (QED) is 0.825. The molecule has 2 saturated heterocycles. The Labute approximate surface area is 142 Å². The summed E-state index contributed by atoms with van der Waals surface area (Å²) in [5.74, 6) is 3.57. The summed E-state index contributed by atoms with van der Waals surface area (Å²) >= 11 is 5.49. The molecule has 0 N–H and O–H groups in total. The van der Waals surface area contributed by atoms with E-state index in [1.165, 1.54) is 10.5 Å². The molecule has 2 unspecified atom stereocenters. The number of hydrogen-bond donors (Lipinski definition) is 0. The van der Waals surface area contributed by atoms with Gasteiger partial charge in [0.05, 0.1) is 21.5 Å². The minimum absolute atomic E-state index is 0.147. The molecular formula is C16H18N2OS3. The number of rotatable bonds is 2. The lowest BCUT2D eigenvalue weighted by Crippen LogP contribution is -2.39. The van der Waals surface area contributed by atoms with Gasteiger partial charge in [0.25, 0.3) is 0 Å². The Morgan fingerprint density at radius 3 is 3.00 bits per heavy atom. The number of aromatic nitrogens is 1. The van der Waals surface area contributed by atoms with Gasteiger partial charge >= 0.3 is 0 Å². The van der Waals surface area contributed by atoms with Crippen molar-refractivity contribution in [1.82, 2.24) is 9.88 Å². The monoisotopic (exact) mass is 350 g/mol. The first-order valence-electron chi connectivity index (χ1n) is 7.68. The van der Waals surface area contributed by atoms with Gasteiger partial charge < -0.3 is 4.90 Å². The summed E-state index contributed by atoms with van der Waals surface area (Å²) in [5, 5.41) is 1.26. The molecule has 3 heterocycles. The lowest BCUT2D eigenvalue weighted by atomic mass is 10.2. The standard InChI is InChI=1S/C16H18N2OS3/c19-16(14-10-20-8-9-21-14)18-7-3-5-12(18)15-17-11-4-1-2-6-13(11)22-15/h1-2,4,6,12,14H,3,5,7-10H2. The predicted octanol–water partition coefficient (Wildman–Crippen LogP) is 3.81. The molecule has 2 aromatic rings. The van der Waals surface area contributed by atoms with Crippen LogP contribution in [0.3, 0.4) is 0 Å². The SMILES string of the molecule is O=C(C1CSCCS1)N1CCCC1c1nc2ccccc2s1. The fourth-order valence-electron chi connectivity index (χ4n) is 3.14. The molecule has 2 aliphatic rings. The molecule has 0 radical (unpaired) electrons. The zero-order chi connectivity index (χ0) is 14.9. The lowest BCUT2D eigenvalue weighted by molar-refractivity contribution is -0.131. The van der Waals surface area contributed by atoms with E-state index in [0.29, 0.717) is 5.91 Å². The van der Waals surface area contributed by atoms with Crippen molar-refractivity contribution in [2.24, 2.45) is 0 Å². The highest BCUT2D eigenvalue weighted by atomic mass is 32.2. The Morgan fingerprint density at radius 2 is 2.18 bits per heavy atom. The highest BCUT2D eigenvalue weighted by Gasteiger charge is 2.36. The van der Waals surface area contributed by atoms with Gasteiger partial charge in [0, 0.05) is 23.8 Å². The first-order chi connectivity index (χ1) is 10.8. The van der Waals surface area contributed by atoms with E-state index in [0.717, 1.165) is 41.4 Å². The van der Waals surface area contributed by atoms with Crippen LogP contribution >= 0.6 is 34.9 Å². The van der Waals surface area contributed by atoms with Gasteiger partial charge in [0.1, 0.15) is 5.01 Å². The zero-order valence-electron chi connectivity index (χ0n) is 12.2. The number of thiazole rings is 1. The second kappa shape index (κ2) is 6.42. The van der Waals surface area contributed by atoms with E-state index in [1.807, 2.05) is 29.6 Å². The number of carbonyl (C=O) groups excluding carboxylic acids is 1. The molecular weight excluding hydrogens is 332 g/mol. The summed E-state index contributed by atoms with van der Waals surface area (Å²) in [7, 11) is 0. The molecule has 1 amide bonds. The minimum Gasteiger partial charge on any atom is -0.332 e. The summed E-state index contributed by atoms with van der Waals surface area (Å²) in [4.78, 5) is 19.8. The number of benzene rings is 1. The molecule has 116 valence electrons. The normalized spacial score (nSPS) is 25.7. The van der Waals surface area contributed by atoms with Crippen molar-refractivity contribution in [2.75, 3.05) is 23.8 Å². The summed E-state index contributed by atoms with van der Waals surface area (Å²) in [6.45, 7) is 0.890. The van der Waals surface area contributed by atoms with Gasteiger partial charge in [0.15, 0.2) is 0 Å². The van der Waals surface area contributed by atoms with Crippen molar-refractivity contribution >= 4 is 51.0 Å². The maximum atomic E-state index is 12.9. The zero-order valence-corrected chi connectivity index (χ0v) is 14.7. The van der Waals surface area contributed by atoms with E-state index in [4.69, 9.17) is 4.98 Å². The predicted molar refractivity (Wildman–Crippen MR) is 96.9 cm³/mol. The van der Waals surface area contributed by atoms with Crippen LogP contribution < -0.4 is 0 Å². The maximum absolute atomic E-state index is 12.9. The number of fused-ring (bicyclic) bond motifs is 1. The van der Waals surface area contributed by atoms with E-state index in [9.17, 15) is 4.79 Å². The van der Waals surface area contributed by atoms with Crippen molar-refractivity contribution in [2.45, 2.75) is 24.1 Å². The van der Waals surface area contributed by atoms with Gasteiger partial charge in [-0.2, -0.15) is 11.8 Å². The van der Waals surface area contributed by atoms with E-state index in [1.54, 1.807) is 11.3 Å². The fraction of sp³-hybridized carbons (Fsp3) is 0.500. The van der Waals surface area contributed by atoms with Gasteiger partial charge in [0.2, 0.25) is 5.91 Å². The van der Waals surface area contributed by atoms with Crippen molar-refractivity contribution in [3.05, 3.63) is 29.3 Å². The number of thioether (sulfide) groups is 2. The number of amides is 1. The maximum Gasteiger partial charge on any atom is 0.237 e. The molecule has 6 heteroatoms. The van der Waals surface area contributed by atoms with Gasteiger partial charge in [-0.15, -0.1) is 23.1 Å². The molecule has 22 heavy (non-hydrogen) atoms. The second-order valence-electron chi connectivity index (χ2n) is 5.64. The number of carbonyl (C=O) groups is 1. The number of para-hydroxylation sites is 1. The van der Waals surface area contributed by atoms with Gasteiger partial charge in [-0.3, -0.25) is 4.79 Å². The van der Waals surface area contributed by atoms with Crippen LogP contribution in [0, 0.1) is 0 Å². The summed E-state index contributed by atoms with van der Waals surface area (Å²) in [5.41, 5.74) is 1.06. The average Bonchev–Trinajstić information content (AvgIpc) is 3.21. The fourth-order valence-corrected chi connectivity index (χ4v) is 6.87. The second-order valence-corrected chi connectivity index (χ2v) is 9.17. The lowest BCUT2D eigenvalue weighted by Gasteiger charge is -2.29. The van der Waals surface area contributed by atoms with Crippen molar-refractivity contribution < 1.29 is 4.79 Å². The van der Waals surface area contributed by atoms with E-state index in [-0.39, 0.29) is 11.3 Å². The van der Waals surface area contributed by atoms with Crippen LogP contribution in [0.2, 0.25) is 0 Å². The van der Waals surface area contributed by atoms with Crippen LogP contribution in [0.15, 0.2) is 24.3 Å². The third kappa shape index (κ3) is 2.76. The average molecular weight is 351 g/mol. The third-order valence-corrected chi connectivity index (χ3v) is 8.10. The molecule has 0 aliphatic carbocycles. The third-order valence-electron chi connectivity index (χ3n) is 4.22. The van der Waals surface area contributed by atoms with Crippen LogP contribution in [-0.4, -0.2) is 44.8 Å². The number of nitrogens with zero attached hydrogens (tertiary/aromatic N) is 2. The molecule has 2 fully saturated rings. The van der Waals surface area contributed by atoms with Crippen LogP contribution in [0.5, 0.6) is 0 Å². The number of hydrogen-bond acceptors (Lipinski definition) is 5. The van der Waals surface area contributed by atoms with Crippen LogP contribution in [0.4, 0.5) is 0 Å². The van der Waals surface area contributed by atoms with Crippen LogP contribution in [0.1, 0.15) is 23.9 Å². The first kappa shape index (κ1) is 14.8. The molecule has 0 bridgehead atoms. The van der Waals surface area contributed by atoms with Gasteiger partial charge in [-0.1, -0.05) is 12.1 Å². The molecule has 0 saturated carbocycles. The largest absolute Gasteiger partial charge is 0.332 e. The Hall–Kier alpha value is -0.720. The Bertz CT molecular complexity index is 648. The highest BCUT2D eigenvalue weighted by Crippen LogP contribution is 2.38. The summed E-state index contributed by atoms with van der Waals surface area (Å²) < 4.78 is 1.22. The summed E-state index contributed by atoms with van der Waals surface area (Å²) in [6.07, 6.45) is 2.15. The molecule has 4 rings (SSSR count). The van der Waals surface area contributed by atoms with E-state index in [2.05, 4.69) is 23.1 Å². The molecule has 2 atom stereocenters. The topological polar surface area (TPSA) is 33.2 Å². The minimum atomic E-state index is 0.147. The van der Waals surface area contributed by atoms with E-state index >= 15 is 0 Å². The molecule has 1 aromatic carbocycles. The van der Waals surface area contributed by atoms with Crippen molar-refractivity contribution in [3.63, 3.8) is 0 Å². The molecule has 3 nitrogen and oxygen atoms in total. The van der Waals surface area contributed by atoms with Crippen molar-refractivity contribution in [1.29, 1.82) is 0 Å². The highest BCUT2D eigenvalue weighted by molar-refractivity contribution is 8.07. The van der Waals surface area contributed by atoms with Gasteiger partial charge in [-0.05, 0) is 25.0 Å². The molecule has 1 aromatic heterocycles. The van der Waals surface area contributed by atoms with Crippen molar-refractivity contribution in [3.8, 4) is 0 Å². The summed E-state index contributed by atoms with van der Waals surface area (Å²) in [6, 6.07) is 8.45. The smallest absolute Gasteiger partial charge is 0.237 e. The van der Waals surface area contributed by atoms with E-state index < -0.39 is 0 Å². The Kier molecular flexibility index (Phi) is 4.33. The van der Waals surface area contributed by atoms with Crippen LogP contribution in [0.25, 0.3) is 10.2 Å². The Balaban J connectivity index is 1.58. The number of likely N-dealkylation sites (tertiary alicyclic amines) is 1. The van der Waals surface area contributed by atoms with Gasteiger partial charge in [-0.25, -0.2) is 4.98 Å². The van der Waals surface area contributed by atoms with Crippen LogP contribution in [-0.2, 0) is 4.79 Å². The Morgan fingerprint density at radius 1 is 1.27 bits per heavy atom. The first-order valence-corrected chi connectivity index (χ1v) is 10.7.